The van der Waals surface area contributed by atoms with Gasteiger partial charge in [0, 0.05) is 22.6 Å². The number of nitrogens with one attached hydrogen (secondary N) is 2. The molecule has 0 spiro atoms. The number of amides is 2. The Kier molecular flexibility index (Phi) is 5.89. The van der Waals surface area contributed by atoms with Crippen LogP contribution in [0, 0.1) is 11.2 Å². The van der Waals surface area contributed by atoms with Gasteiger partial charge in [0.15, 0.2) is 0 Å². The number of urea groups is 1. The van der Waals surface area contributed by atoms with E-state index in [4.69, 9.17) is 0 Å². The average Bonchev–Trinajstić information content (AvgIpc) is 2.91. The van der Waals surface area contributed by atoms with E-state index in [0.717, 1.165) is 11.5 Å². The van der Waals surface area contributed by atoms with Crippen LogP contribution in [0.25, 0.3) is 0 Å². The minimum atomic E-state index is -0.543. The van der Waals surface area contributed by atoms with E-state index in [2.05, 4.69) is 20.0 Å². The van der Waals surface area contributed by atoms with E-state index >= 15 is 0 Å². The number of anilines is 2. The van der Waals surface area contributed by atoms with Gasteiger partial charge in [0.2, 0.25) is 10.3 Å². The largest absolute Gasteiger partial charge is 0.325 e. The van der Waals surface area contributed by atoms with Crippen molar-refractivity contribution in [2.24, 2.45) is 5.41 Å². The van der Waals surface area contributed by atoms with E-state index in [0.29, 0.717) is 16.0 Å². The maximum Gasteiger partial charge on any atom is 0.325 e. The summed E-state index contributed by atoms with van der Waals surface area (Å²) >= 11 is 2.24. The van der Waals surface area contributed by atoms with Gasteiger partial charge in [-0.15, -0.1) is 0 Å². The molecule has 2 N–H and O–H groups in total. The van der Waals surface area contributed by atoms with Crippen molar-refractivity contribution in [1.29, 1.82) is 0 Å². The van der Waals surface area contributed by atoms with Crippen LogP contribution >= 0.6 is 23.3 Å². The van der Waals surface area contributed by atoms with Gasteiger partial charge in [-0.05, 0) is 18.2 Å². The molecular weight excluding hydrogens is 351 g/mol. The van der Waals surface area contributed by atoms with Crippen LogP contribution in [-0.2, 0) is 4.79 Å². The number of rotatable bonds is 5. The van der Waals surface area contributed by atoms with Gasteiger partial charge in [0.1, 0.15) is 11.6 Å². The van der Waals surface area contributed by atoms with E-state index in [-0.39, 0.29) is 11.5 Å². The fourth-order valence-corrected chi connectivity index (χ4v) is 3.19. The maximum atomic E-state index is 13.1. The molecule has 0 saturated carbocycles. The minimum absolute atomic E-state index is 0.0978. The summed E-state index contributed by atoms with van der Waals surface area (Å²) in [6, 6.07) is 5.02. The molecule has 6 nitrogen and oxygen atoms in total. The lowest BCUT2D eigenvalue weighted by molar-refractivity contribution is -0.123. The predicted molar refractivity (Wildman–Crippen MR) is 94.1 cm³/mol. The van der Waals surface area contributed by atoms with Crippen molar-refractivity contribution >= 4 is 45.9 Å². The lowest BCUT2D eigenvalue weighted by atomic mass is 9.92. The Hall–Kier alpha value is -2.00. The second-order valence-electron chi connectivity index (χ2n) is 5.93. The third kappa shape index (κ3) is 5.57. The lowest BCUT2D eigenvalue weighted by Gasteiger charge is -2.15. The van der Waals surface area contributed by atoms with Gasteiger partial charge in [-0.3, -0.25) is 10.1 Å². The number of halogens is 1. The van der Waals surface area contributed by atoms with E-state index in [1.165, 1.54) is 30.0 Å². The molecule has 9 heteroatoms. The summed E-state index contributed by atoms with van der Waals surface area (Å²) in [4.78, 5) is 27.8. The number of thioether (sulfide) groups is 1. The van der Waals surface area contributed by atoms with Gasteiger partial charge in [-0.1, -0.05) is 38.6 Å². The summed E-state index contributed by atoms with van der Waals surface area (Å²) in [5.74, 6) is -0.0682. The molecule has 0 bridgehead atoms. The normalized spacial score (nSPS) is 11.2. The number of carbonyl (C=O) groups excluding carboxylic acids is 2. The summed E-state index contributed by atoms with van der Waals surface area (Å²) in [6.07, 6.45) is 0. The van der Waals surface area contributed by atoms with Crippen molar-refractivity contribution in [3.63, 3.8) is 0 Å². The van der Waals surface area contributed by atoms with E-state index in [9.17, 15) is 14.0 Å². The van der Waals surface area contributed by atoms with Crippen LogP contribution in [0.2, 0.25) is 0 Å². The molecule has 0 aliphatic rings. The molecule has 2 rings (SSSR count). The van der Waals surface area contributed by atoms with Crippen molar-refractivity contribution < 1.29 is 14.0 Å². The summed E-state index contributed by atoms with van der Waals surface area (Å²) < 4.78 is 17.1. The van der Waals surface area contributed by atoms with Crippen LogP contribution in [-0.4, -0.2) is 26.9 Å². The number of hydrogen-bond donors (Lipinski definition) is 2. The fourth-order valence-electron chi connectivity index (χ4n) is 1.49. The molecule has 2 aromatic rings. The SMILES string of the molecule is CC(C)(C)C(=O)CSc1nsc(NC(=O)Nc2cccc(F)c2)n1. The molecule has 1 aromatic heterocycles. The highest BCUT2D eigenvalue weighted by Crippen LogP contribution is 2.24. The average molecular weight is 368 g/mol. The van der Waals surface area contributed by atoms with Gasteiger partial charge < -0.3 is 5.32 Å². The Morgan fingerprint density at radius 1 is 1.29 bits per heavy atom. The molecule has 1 aromatic carbocycles. The third-order valence-electron chi connectivity index (χ3n) is 2.88. The number of aromatic nitrogens is 2. The fraction of sp³-hybridized carbons (Fsp3) is 0.333. The topological polar surface area (TPSA) is 84.0 Å². The number of hydrogen-bond acceptors (Lipinski definition) is 6. The molecular formula is C15H17FN4O2S2. The maximum absolute atomic E-state index is 13.1. The van der Waals surface area contributed by atoms with Crippen LogP contribution < -0.4 is 10.6 Å². The van der Waals surface area contributed by atoms with Gasteiger partial charge >= 0.3 is 6.03 Å². The quantitative estimate of drug-likeness (QED) is 0.779. The molecule has 0 aliphatic heterocycles. The molecule has 0 saturated heterocycles. The molecule has 128 valence electrons. The van der Waals surface area contributed by atoms with E-state index < -0.39 is 17.3 Å². The van der Waals surface area contributed by atoms with Crippen LogP contribution in [0.1, 0.15) is 20.8 Å². The first-order valence-electron chi connectivity index (χ1n) is 7.07. The Balaban J connectivity index is 1.87. The van der Waals surface area contributed by atoms with Gasteiger partial charge in [-0.25, -0.2) is 9.18 Å². The predicted octanol–water partition coefficient (Wildman–Crippen LogP) is 4.03. The zero-order valence-electron chi connectivity index (χ0n) is 13.4. The highest BCUT2D eigenvalue weighted by atomic mass is 32.2. The first kappa shape index (κ1) is 18.3. The number of Topliss-reactive ketones (excluding diaryl/α,β-unsaturated/α-hetero) is 1. The number of carbonyl (C=O) groups is 2. The van der Waals surface area contributed by atoms with Gasteiger partial charge in [0.05, 0.1) is 5.75 Å². The Labute approximate surface area is 147 Å². The second-order valence-corrected chi connectivity index (χ2v) is 7.63. The Morgan fingerprint density at radius 3 is 2.71 bits per heavy atom. The Morgan fingerprint density at radius 2 is 2.04 bits per heavy atom. The minimum Gasteiger partial charge on any atom is -0.308 e. The van der Waals surface area contributed by atoms with E-state index in [1.807, 2.05) is 20.8 Å². The van der Waals surface area contributed by atoms with Crippen molar-refractivity contribution in [2.45, 2.75) is 25.9 Å². The molecule has 0 radical (unpaired) electrons. The van der Waals surface area contributed by atoms with E-state index in [1.54, 1.807) is 6.07 Å². The Bertz CT molecular complexity index is 743. The molecule has 24 heavy (non-hydrogen) atoms. The third-order valence-corrected chi connectivity index (χ3v) is 4.47. The summed E-state index contributed by atoms with van der Waals surface area (Å²) in [7, 11) is 0. The van der Waals surface area contributed by atoms with Crippen LogP contribution in [0.5, 0.6) is 0 Å². The van der Waals surface area contributed by atoms with Crippen molar-refractivity contribution in [1.82, 2.24) is 9.36 Å². The number of ketones is 1. The molecule has 2 amide bonds. The number of benzene rings is 1. The monoisotopic (exact) mass is 368 g/mol. The van der Waals surface area contributed by atoms with Crippen molar-refractivity contribution in [3.05, 3.63) is 30.1 Å². The first-order chi connectivity index (χ1) is 11.2. The van der Waals surface area contributed by atoms with Crippen LogP contribution in [0.15, 0.2) is 29.4 Å². The number of nitrogens with zero attached hydrogens (tertiary/aromatic N) is 2. The molecule has 0 unspecified atom stereocenters. The smallest absolute Gasteiger partial charge is 0.308 e. The van der Waals surface area contributed by atoms with Crippen LogP contribution in [0.3, 0.4) is 0 Å². The first-order valence-corrected chi connectivity index (χ1v) is 8.83. The standard InChI is InChI=1S/C15H17FN4O2S2/c1-15(2,3)11(21)8-23-14-19-13(24-20-14)18-12(22)17-10-6-4-5-9(16)7-10/h4-7H,8H2,1-3H3,(H2,17,18,19,20,22). The molecule has 0 fully saturated rings. The summed E-state index contributed by atoms with van der Waals surface area (Å²) in [6.45, 7) is 5.57. The molecule has 1 heterocycles. The van der Waals surface area contributed by atoms with Gasteiger partial charge in [0.25, 0.3) is 0 Å². The van der Waals surface area contributed by atoms with Crippen molar-refractivity contribution in [2.75, 3.05) is 16.4 Å². The lowest BCUT2D eigenvalue weighted by Crippen LogP contribution is -2.22. The summed E-state index contributed by atoms with van der Waals surface area (Å²) in [5.41, 5.74) is -0.0722. The zero-order valence-corrected chi connectivity index (χ0v) is 15.1. The van der Waals surface area contributed by atoms with Gasteiger partial charge in [-0.2, -0.15) is 9.36 Å². The zero-order chi connectivity index (χ0) is 17.7. The summed E-state index contributed by atoms with van der Waals surface area (Å²) in [5, 5.41) is 5.75. The van der Waals surface area contributed by atoms with Crippen molar-refractivity contribution in [3.8, 4) is 0 Å². The highest BCUT2D eigenvalue weighted by Gasteiger charge is 2.21. The second kappa shape index (κ2) is 7.71. The van der Waals surface area contributed by atoms with Crippen LogP contribution in [0.4, 0.5) is 20.0 Å². The highest BCUT2D eigenvalue weighted by molar-refractivity contribution is 7.99. The molecule has 0 aliphatic carbocycles. The molecule has 0 atom stereocenters.